The van der Waals surface area contributed by atoms with E-state index >= 15 is 0 Å². The number of pyridine rings is 1. The van der Waals surface area contributed by atoms with Gasteiger partial charge in [0.05, 0.1) is 0 Å². The zero-order valence-corrected chi connectivity index (χ0v) is 12.7. The summed E-state index contributed by atoms with van der Waals surface area (Å²) in [6.07, 6.45) is 7.48. The first kappa shape index (κ1) is 14.6. The molecule has 2 aromatic heterocycles. The van der Waals surface area contributed by atoms with Gasteiger partial charge >= 0.3 is 0 Å². The number of anilines is 3. The lowest BCUT2D eigenvalue weighted by atomic mass is 9.98. The van der Waals surface area contributed by atoms with Crippen LogP contribution in [0.4, 0.5) is 17.3 Å². The third-order valence-corrected chi connectivity index (χ3v) is 3.81. The number of aryl methyl sites for hydroxylation is 1. The number of aromatic nitrogens is 3. The highest BCUT2D eigenvalue weighted by molar-refractivity contribution is 5.70. The quantitative estimate of drug-likeness (QED) is 0.901. The normalized spacial score (nSPS) is 15.5. The maximum Gasteiger partial charge on any atom is 0.242 e. The van der Waals surface area contributed by atoms with Gasteiger partial charge in [-0.25, -0.2) is 9.97 Å². The molecule has 3 N–H and O–H groups in total. The van der Waals surface area contributed by atoms with E-state index in [2.05, 4.69) is 20.3 Å². The van der Waals surface area contributed by atoms with Crippen LogP contribution in [0.1, 0.15) is 37.8 Å². The number of nitrogens with one attached hydrogen (secondary N) is 1. The standard InChI is InChI=1S/C16H21N5O/c1-11-6-5-9-13(20-11)21-15-14(17)16(19-10-18-15)22-12-7-3-2-4-8-12/h5-6,9-10,12H,2-4,7-8,17H2,1H3,(H,18,19,20,21). The van der Waals surface area contributed by atoms with Crippen molar-refractivity contribution < 1.29 is 4.74 Å². The summed E-state index contributed by atoms with van der Waals surface area (Å²) in [5.74, 6) is 1.69. The summed E-state index contributed by atoms with van der Waals surface area (Å²) in [5.41, 5.74) is 7.50. The van der Waals surface area contributed by atoms with E-state index in [1.165, 1.54) is 25.6 Å². The van der Waals surface area contributed by atoms with Crippen molar-refractivity contribution in [3.63, 3.8) is 0 Å². The predicted molar refractivity (Wildman–Crippen MR) is 86.2 cm³/mol. The lowest BCUT2D eigenvalue weighted by Crippen LogP contribution is -2.21. The number of hydrogen-bond acceptors (Lipinski definition) is 6. The SMILES string of the molecule is Cc1cccc(Nc2ncnc(OC3CCCCC3)c2N)n1. The summed E-state index contributed by atoms with van der Waals surface area (Å²) >= 11 is 0. The van der Waals surface area contributed by atoms with Crippen LogP contribution in [0.3, 0.4) is 0 Å². The number of nitrogens with zero attached hydrogens (tertiary/aromatic N) is 3. The second kappa shape index (κ2) is 6.60. The Hall–Kier alpha value is -2.37. The number of ether oxygens (including phenoxy) is 1. The largest absolute Gasteiger partial charge is 0.473 e. The number of rotatable bonds is 4. The van der Waals surface area contributed by atoms with Crippen LogP contribution in [0.25, 0.3) is 0 Å². The molecule has 0 radical (unpaired) electrons. The van der Waals surface area contributed by atoms with E-state index in [-0.39, 0.29) is 6.10 Å². The lowest BCUT2D eigenvalue weighted by molar-refractivity contribution is 0.149. The average molecular weight is 299 g/mol. The molecule has 1 aliphatic rings. The minimum atomic E-state index is 0.205. The molecule has 0 saturated heterocycles. The Bertz CT molecular complexity index is 640. The number of nitrogen functional groups attached to an aromatic ring is 1. The Labute approximate surface area is 130 Å². The van der Waals surface area contributed by atoms with Gasteiger partial charge in [-0.15, -0.1) is 0 Å². The van der Waals surface area contributed by atoms with Crippen LogP contribution in [-0.2, 0) is 0 Å². The smallest absolute Gasteiger partial charge is 0.242 e. The van der Waals surface area contributed by atoms with Gasteiger partial charge < -0.3 is 15.8 Å². The third-order valence-electron chi connectivity index (χ3n) is 3.81. The van der Waals surface area contributed by atoms with Crippen LogP contribution in [0.5, 0.6) is 5.88 Å². The lowest BCUT2D eigenvalue weighted by Gasteiger charge is -2.23. The zero-order valence-electron chi connectivity index (χ0n) is 12.7. The minimum Gasteiger partial charge on any atom is -0.473 e. The summed E-state index contributed by atoms with van der Waals surface area (Å²) in [6, 6.07) is 5.74. The Balaban J connectivity index is 1.76. The summed E-state index contributed by atoms with van der Waals surface area (Å²) in [6.45, 7) is 1.94. The number of hydrogen-bond donors (Lipinski definition) is 2. The summed E-state index contributed by atoms with van der Waals surface area (Å²) in [7, 11) is 0. The highest BCUT2D eigenvalue weighted by Gasteiger charge is 2.18. The van der Waals surface area contributed by atoms with Gasteiger partial charge in [0.2, 0.25) is 5.88 Å². The number of nitrogens with two attached hydrogens (primary N) is 1. The van der Waals surface area contributed by atoms with Gasteiger partial charge in [0.25, 0.3) is 0 Å². The van der Waals surface area contributed by atoms with E-state index in [9.17, 15) is 0 Å². The van der Waals surface area contributed by atoms with Crippen molar-refractivity contribution in [3.8, 4) is 5.88 Å². The van der Waals surface area contributed by atoms with Crippen molar-refractivity contribution >= 4 is 17.3 Å². The van der Waals surface area contributed by atoms with Crippen LogP contribution < -0.4 is 15.8 Å². The first-order chi connectivity index (χ1) is 10.7. The second-order valence-electron chi connectivity index (χ2n) is 5.61. The second-order valence-corrected chi connectivity index (χ2v) is 5.61. The van der Waals surface area contributed by atoms with Gasteiger partial charge in [0, 0.05) is 5.69 Å². The fraction of sp³-hybridized carbons (Fsp3) is 0.438. The van der Waals surface area contributed by atoms with Gasteiger partial charge in [0.15, 0.2) is 5.82 Å². The van der Waals surface area contributed by atoms with Crippen LogP contribution in [0, 0.1) is 6.92 Å². The van der Waals surface area contributed by atoms with E-state index in [4.69, 9.17) is 10.5 Å². The monoisotopic (exact) mass is 299 g/mol. The first-order valence-corrected chi connectivity index (χ1v) is 7.70. The fourth-order valence-electron chi connectivity index (χ4n) is 2.65. The van der Waals surface area contributed by atoms with Crippen LogP contribution in [-0.4, -0.2) is 21.1 Å². The molecule has 6 nitrogen and oxygen atoms in total. The molecule has 1 fully saturated rings. The van der Waals surface area contributed by atoms with E-state index in [0.29, 0.717) is 23.2 Å². The molecule has 6 heteroatoms. The maximum absolute atomic E-state index is 6.15. The summed E-state index contributed by atoms with van der Waals surface area (Å²) < 4.78 is 5.95. The zero-order chi connectivity index (χ0) is 15.4. The molecule has 0 atom stereocenters. The van der Waals surface area contributed by atoms with Gasteiger partial charge in [-0.3, -0.25) is 0 Å². The molecular formula is C16H21N5O. The van der Waals surface area contributed by atoms with Crippen molar-refractivity contribution in [1.82, 2.24) is 15.0 Å². The van der Waals surface area contributed by atoms with Crippen LogP contribution in [0.15, 0.2) is 24.5 Å². The molecule has 1 saturated carbocycles. The van der Waals surface area contributed by atoms with E-state index in [0.717, 1.165) is 18.5 Å². The van der Waals surface area contributed by atoms with Gasteiger partial charge in [-0.05, 0) is 44.7 Å². The predicted octanol–water partition coefficient (Wildman–Crippen LogP) is 3.22. The molecule has 116 valence electrons. The summed E-state index contributed by atoms with van der Waals surface area (Å²) in [4.78, 5) is 12.8. The van der Waals surface area contributed by atoms with Crippen molar-refractivity contribution in [2.75, 3.05) is 11.1 Å². The average Bonchev–Trinajstić information content (AvgIpc) is 2.52. The molecule has 0 unspecified atom stereocenters. The van der Waals surface area contributed by atoms with Gasteiger partial charge in [-0.2, -0.15) is 4.98 Å². The van der Waals surface area contributed by atoms with Crippen molar-refractivity contribution in [1.29, 1.82) is 0 Å². The molecule has 2 aromatic rings. The van der Waals surface area contributed by atoms with Crippen molar-refractivity contribution in [2.24, 2.45) is 0 Å². The van der Waals surface area contributed by atoms with Crippen LogP contribution >= 0.6 is 0 Å². The topological polar surface area (TPSA) is 86.0 Å². The molecule has 3 rings (SSSR count). The van der Waals surface area contributed by atoms with Crippen LogP contribution in [0.2, 0.25) is 0 Å². The third kappa shape index (κ3) is 3.44. The Morgan fingerprint density at radius 3 is 2.77 bits per heavy atom. The first-order valence-electron chi connectivity index (χ1n) is 7.70. The molecule has 0 amide bonds. The van der Waals surface area contributed by atoms with Crippen molar-refractivity contribution in [3.05, 3.63) is 30.2 Å². The van der Waals surface area contributed by atoms with Gasteiger partial charge in [-0.1, -0.05) is 12.5 Å². The fourth-order valence-corrected chi connectivity index (χ4v) is 2.65. The molecular weight excluding hydrogens is 278 g/mol. The molecule has 0 aromatic carbocycles. The Morgan fingerprint density at radius 1 is 1.18 bits per heavy atom. The maximum atomic E-state index is 6.15. The van der Waals surface area contributed by atoms with E-state index in [1.807, 2.05) is 25.1 Å². The molecule has 2 heterocycles. The van der Waals surface area contributed by atoms with E-state index < -0.39 is 0 Å². The molecule has 0 aliphatic heterocycles. The minimum absolute atomic E-state index is 0.205. The molecule has 0 spiro atoms. The van der Waals surface area contributed by atoms with Gasteiger partial charge in [0.1, 0.15) is 23.9 Å². The summed E-state index contributed by atoms with van der Waals surface area (Å²) in [5, 5.41) is 3.12. The molecule has 1 aliphatic carbocycles. The Kier molecular flexibility index (Phi) is 4.37. The molecule has 22 heavy (non-hydrogen) atoms. The molecule has 0 bridgehead atoms. The Morgan fingerprint density at radius 2 is 2.00 bits per heavy atom. The van der Waals surface area contributed by atoms with E-state index in [1.54, 1.807) is 0 Å². The highest BCUT2D eigenvalue weighted by Crippen LogP contribution is 2.30. The van der Waals surface area contributed by atoms with Crippen molar-refractivity contribution in [2.45, 2.75) is 45.1 Å². The highest BCUT2D eigenvalue weighted by atomic mass is 16.5.